The highest BCUT2D eigenvalue weighted by Crippen LogP contribution is 2.13. The maximum Gasteiger partial charge on any atom is 0.490 e. The van der Waals surface area contributed by atoms with Gasteiger partial charge in [0.2, 0.25) is 0 Å². The lowest BCUT2D eigenvalue weighted by Gasteiger charge is -2.16. The van der Waals surface area contributed by atoms with E-state index in [4.69, 9.17) is 21.5 Å². The number of aliphatic carboxylic acids is 1. The molecule has 0 radical (unpaired) electrons. The van der Waals surface area contributed by atoms with E-state index in [-0.39, 0.29) is 6.04 Å². The third-order valence-corrected chi connectivity index (χ3v) is 2.94. The van der Waals surface area contributed by atoms with Crippen LogP contribution in [0.4, 0.5) is 17.6 Å². The smallest absolute Gasteiger partial charge is 0.475 e. The number of carbonyl (C=O) groups is 2. The van der Waals surface area contributed by atoms with Crippen LogP contribution in [0.2, 0.25) is 0 Å². The van der Waals surface area contributed by atoms with Gasteiger partial charge in [0, 0.05) is 6.04 Å². The third kappa shape index (κ3) is 9.46. The number of rotatable bonds is 2. The Balaban J connectivity index is 0.000000486. The summed E-state index contributed by atoms with van der Waals surface area (Å²) in [5, 5.41) is 9.73. The molecule has 0 aromatic rings. The molecule has 21 heavy (non-hydrogen) atoms. The van der Waals surface area contributed by atoms with E-state index < -0.39 is 23.7 Å². The van der Waals surface area contributed by atoms with Crippen LogP contribution >= 0.6 is 11.6 Å². The van der Waals surface area contributed by atoms with Gasteiger partial charge in [-0.15, -0.1) is 0 Å². The largest absolute Gasteiger partial charge is 0.490 e. The summed E-state index contributed by atoms with van der Waals surface area (Å²) >= 11 is 5.03. The van der Waals surface area contributed by atoms with Crippen LogP contribution in [0.1, 0.15) is 19.3 Å². The molecule has 0 aromatic heterocycles. The van der Waals surface area contributed by atoms with Gasteiger partial charge < -0.3 is 15.3 Å². The Morgan fingerprint density at radius 1 is 1.33 bits per heavy atom. The maximum absolute atomic E-state index is 12.4. The molecule has 124 valence electrons. The summed E-state index contributed by atoms with van der Waals surface area (Å²) in [4.78, 5) is 22.1. The van der Waals surface area contributed by atoms with Crippen LogP contribution in [0, 0.1) is 0 Å². The summed E-state index contributed by atoms with van der Waals surface area (Å²) in [7, 11) is 2.05. The lowest BCUT2D eigenvalue weighted by Crippen LogP contribution is -2.38. The van der Waals surface area contributed by atoms with Gasteiger partial charge in [-0.3, -0.25) is 4.79 Å². The summed E-state index contributed by atoms with van der Waals surface area (Å²) in [5.74, 6) is -3.46. The van der Waals surface area contributed by atoms with E-state index in [0.29, 0.717) is 0 Å². The number of halogens is 5. The van der Waals surface area contributed by atoms with Crippen LogP contribution in [0.25, 0.3) is 0 Å². The van der Waals surface area contributed by atoms with Crippen molar-refractivity contribution in [1.82, 2.24) is 10.2 Å². The second-order valence-corrected chi connectivity index (χ2v) is 4.93. The molecule has 0 spiro atoms. The molecule has 1 saturated heterocycles. The zero-order valence-corrected chi connectivity index (χ0v) is 12.0. The number of nitrogens with zero attached hydrogens (tertiary/aromatic N) is 1. The Bertz CT molecular complexity index is 353. The molecule has 1 heterocycles. The molecule has 2 atom stereocenters. The molecule has 5 nitrogen and oxygen atoms in total. The lowest BCUT2D eigenvalue weighted by molar-refractivity contribution is -0.192. The molecule has 2 unspecified atom stereocenters. The molecular weight excluding hydrogens is 320 g/mol. The van der Waals surface area contributed by atoms with Gasteiger partial charge in [-0.25, -0.2) is 9.18 Å². The number of amides is 1. The minimum absolute atomic E-state index is 0.0736. The van der Waals surface area contributed by atoms with Crippen LogP contribution in [0.3, 0.4) is 0 Å². The van der Waals surface area contributed by atoms with Crippen LogP contribution in [0.15, 0.2) is 0 Å². The van der Waals surface area contributed by atoms with E-state index in [1.165, 1.54) is 0 Å². The van der Waals surface area contributed by atoms with Crippen LogP contribution in [-0.2, 0) is 9.59 Å². The summed E-state index contributed by atoms with van der Waals surface area (Å²) in [6.07, 6.45) is -2.29. The van der Waals surface area contributed by atoms with E-state index in [2.05, 4.69) is 10.2 Å². The van der Waals surface area contributed by atoms with Crippen molar-refractivity contribution in [2.24, 2.45) is 0 Å². The zero-order valence-electron chi connectivity index (χ0n) is 11.3. The Labute approximate surface area is 124 Å². The van der Waals surface area contributed by atoms with Crippen molar-refractivity contribution in [3.63, 3.8) is 0 Å². The maximum atomic E-state index is 12.4. The first-order chi connectivity index (χ1) is 9.54. The first-order valence-electron chi connectivity index (χ1n) is 6.11. The Hall–Kier alpha value is -1.09. The highest BCUT2D eigenvalue weighted by Gasteiger charge is 2.38. The number of nitrogens with one attached hydrogen (secondary N) is 1. The molecule has 0 aliphatic carbocycles. The van der Waals surface area contributed by atoms with Gasteiger partial charge in [-0.2, -0.15) is 13.2 Å². The number of carbonyl (C=O) groups excluding carboxylic acids is 1. The van der Waals surface area contributed by atoms with Crippen molar-refractivity contribution >= 4 is 23.5 Å². The molecule has 2 N–H and O–H groups in total. The average molecular weight is 337 g/mol. The first-order valence-corrected chi connectivity index (χ1v) is 6.55. The Kier molecular flexibility index (Phi) is 8.57. The van der Waals surface area contributed by atoms with Crippen molar-refractivity contribution in [1.29, 1.82) is 0 Å². The second-order valence-electron chi connectivity index (χ2n) is 4.54. The third-order valence-electron chi connectivity index (χ3n) is 2.74. The Morgan fingerprint density at radius 2 is 1.86 bits per heavy atom. The highest BCUT2D eigenvalue weighted by atomic mass is 35.5. The SMILES string of the molecule is CN1CCCC(NC(=O)C(F)Cl)CC1.O=C(O)C(F)(F)F. The number of carboxylic acid groups (broad SMARTS) is 1. The molecule has 0 aromatic carbocycles. The Morgan fingerprint density at radius 3 is 2.29 bits per heavy atom. The number of alkyl halides is 5. The monoisotopic (exact) mass is 336 g/mol. The van der Waals surface area contributed by atoms with Crippen LogP contribution in [-0.4, -0.2) is 59.9 Å². The average Bonchev–Trinajstić information content (AvgIpc) is 2.54. The lowest BCUT2D eigenvalue weighted by atomic mass is 10.1. The van der Waals surface area contributed by atoms with Gasteiger partial charge in [0.15, 0.2) is 0 Å². The van der Waals surface area contributed by atoms with Crippen molar-refractivity contribution in [2.75, 3.05) is 20.1 Å². The summed E-state index contributed by atoms with van der Waals surface area (Å²) in [5.41, 5.74) is -1.92. The first kappa shape index (κ1) is 19.9. The van der Waals surface area contributed by atoms with E-state index in [1.807, 2.05) is 7.05 Å². The number of hydrogen-bond acceptors (Lipinski definition) is 3. The molecule has 1 aliphatic rings. The molecular formula is C11H17ClF4N2O3. The quantitative estimate of drug-likeness (QED) is 0.595. The van der Waals surface area contributed by atoms with Gasteiger partial charge in [-0.05, 0) is 39.4 Å². The van der Waals surface area contributed by atoms with E-state index in [0.717, 1.165) is 32.4 Å². The fourth-order valence-corrected chi connectivity index (χ4v) is 1.71. The highest BCUT2D eigenvalue weighted by molar-refractivity contribution is 6.29. The van der Waals surface area contributed by atoms with E-state index in [1.54, 1.807) is 0 Å². The topological polar surface area (TPSA) is 69.6 Å². The molecule has 10 heteroatoms. The van der Waals surface area contributed by atoms with Gasteiger partial charge in [0.1, 0.15) is 0 Å². The van der Waals surface area contributed by atoms with Crippen LogP contribution in [0.5, 0.6) is 0 Å². The minimum Gasteiger partial charge on any atom is -0.475 e. The van der Waals surface area contributed by atoms with Crippen molar-refractivity contribution in [3.05, 3.63) is 0 Å². The fourth-order valence-electron chi connectivity index (χ4n) is 1.65. The van der Waals surface area contributed by atoms with Gasteiger partial charge in [0.25, 0.3) is 11.5 Å². The molecule has 1 amide bonds. The molecule has 0 saturated carbocycles. The molecule has 1 aliphatic heterocycles. The van der Waals surface area contributed by atoms with Gasteiger partial charge >= 0.3 is 12.1 Å². The molecule has 1 rings (SSSR count). The van der Waals surface area contributed by atoms with Gasteiger partial charge in [-0.1, -0.05) is 11.6 Å². The number of hydrogen-bond donors (Lipinski definition) is 2. The fraction of sp³-hybridized carbons (Fsp3) is 0.818. The van der Waals surface area contributed by atoms with Crippen molar-refractivity contribution in [3.8, 4) is 0 Å². The number of carboxylic acids is 1. The van der Waals surface area contributed by atoms with Crippen molar-refractivity contribution in [2.45, 2.75) is 37.1 Å². The zero-order chi connectivity index (χ0) is 16.6. The van der Waals surface area contributed by atoms with E-state index >= 15 is 0 Å². The predicted molar refractivity (Wildman–Crippen MR) is 67.7 cm³/mol. The van der Waals surface area contributed by atoms with Crippen molar-refractivity contribution < 1.29 is 32.3 Å². The number of likely N-dealkylation sites (tertiary alicyclic amines) is 1. The predicted octanol–water partition coefficient (Wildman–Crippen LogP) is 1.75. The normalized spacial score (nSPS) is 21.5. The molecule has 1 fully saturated rings. The summed E-state index contributed by atoms with van der Waals surface area (Å²) < 4.78 is 44.1. The molecule has 0 bridgehead atoms. The van der Waals surface area contributed by atoms with Crippen LogP contribution < -0.4 is 5.32 Å². The minimum atomic E-state index is -5.08. The standard InChI is InChI=1S/C9H16ClFN2O.C2HF3O2/c1-13-5-2-3-7(4-6-13)12-9(14)8(10)11;3-2(4,5)1(6)7/h7-8H,2-6H2,1H3,(H,12,14);(H,6,7). The van der Waals surface area contributed by atoms with Gasteiger partial charge in [0.05, 0.1) is 0 Å². The summed E-state index contributed by atoms with van der Waals surface area (Å²) in [6.45, 7) is 1.97. The van der Waals surface area contributed by atoms with E-state index in [9.17, 15) is 22.4 Å². The second kappa shape index (κ2) is 9.04. The summed E-state index contributed by atoms with van der Waals surface area (Å²) in [6, 6.07) is 0.0736.